The van der Waals surface area contributed by atoms with Gasteiger partial charge in [-0.25, -0.2) is 0 Å². The van der Waals surface area contributed by atoms with Crippen molar-refractivity contribution in [3.63, 3.8) is 0 Å². The zero-order valence-corrected chi connectivity index (χ0v) is 21.1. The van der Waals surface area contributed by atoms with Crippen LogP contribution in [0.2, 0.25) is 0 Å². The first-order valence-electron chi connectivity index (χ1n) is 10.5. The monoisotopic (exact) mass is 518 g/mol. The lowest BCUT2D eigenvalue weighted by Gasteiger charge is -2.37. The number of benzene rings is 2. The molecule has 2 atom stereocenters. The van der Waals surface area contributed by atoms with Crippen LogP contribution in [0.5, 0.6) is 0 Å². The van der Waals surface area contributed by atoms with Crippen LogP contribution in [0.25, 0.3) is 0 Å². The zero-order valence-electron chi connectivity index (χ0n) is 18.0. The maximum atomic E-state index is 10.4. The van der Waals surface area contributed by atoms with Crippen molar-refractivity contribution >= 4 is 31.9 Å². The molecule has 0 amide bonds. The molecule has 0 heterocycles. The smallest absolute Gasteiger partial charge is 0.0867 e. The predicted octanol–water partition coefficient (Wildman–Crippen LogP) is 7.71. The van der Waals surface area contributed by atoms with Gasteiger partial charge in [0.25, 0.3) is 0 Å². The van der Waals surface area contributed by atoms with Crippen LogP contribution < -0.4 is 0 Å². The molecule has 0 aliphatic heterocycles. The Morgan fingerprint density at radius 1 is 1.00 bits per heavy atom. The Morgan fingerprint density at radius 2 is 1.62 bits per heavy atom. The highest BCUT2D eigenvalue weighted by atomic mass is 79.9. The Kier molecular flexibility index (Phi) is 9.40. The molecule has 0 saturated carbocycles. The molecule has 0 aliphatic carbocycles. The molecule has 0 spiro atoms. The van der Waals surface area contributed by atoms with Crippen molar-refractivity contribution in [1.29, 1.82) is 5.26 Å². The second kappa shape index (κ2) is 11.3. The fraction of sp³-hybridized carbons (Fsp3) is 0.480. The summed E-state index contributed by atoms with van der Waals surface area (Å²) >= 11 is 7.42. The summed E-state index contributed by atoms with van der Waals surface area (Å²) in [4.78, 5) is 2.55. The Bertz CT molecular complexity index is 793. The summed E-state index contributed by atoms with van der Waals surface area (Å²) in [6.07, 6.45) is 2.92. The van der Waals surface area contributed by atoms with E-state index in [1.807, 2.05) is 18.2 Å². The molecule has 2 nitrogen and oxygen atoms in total. The van der Waals surface area contributed by atoms with Crippen LogP contribution >= 0.6 is 31.9 Å². The van der Waals surface area contributed by atoms with Gasteiger partial charge in [-0.05, 0) is 49.4 Å². The van der Waals surface area contributed by atoms with Gasteiger partial charge in [0.2, 0.25) is 0 Å². The molecule has 0 fully saturated rings. The number of rotatable bonds is 10. The average molecular weight is 520 g/mol. The van der Waals surface area contributed by atoms with E-state index in [1.165, 1.54) is 5.56 Å². The highest BCUT2D eigenvalue weighted by molar-refractivity contribution is 9.11. The molecule has 2 unspecified atom stereocenters. The molecule has 2 aromatic rings. The number of nitriles is 1. The van der Waals surface area contributed by atoms with Gasteiger partial charge in [-0.3, -0.25) is 4.90 Å². The van der Waals surface area contributed by atoms with E-state index in [4.69, 9.17) is 0 Å². The topological polar surface area (TPSA) is 27.0 Å². The third kappa shape index (κ3) is 5.72. The van der Waals surface area contributed by atoms with Gasteiger partial charge in [-0.15, -0.1) is 0 Å². The maximum absolute atomic E-state index is 10.4. The van der Waals surface area contributed by atoms with E-state index in [1.54, 1.807) is 0 Å². The lowest BCUT2D eigenvalue weighted by Crippen LogP contribution is -2.38. The van der Waals surface area contributed by atoms with E-state index in [9.17, 15) is 5.26 Å². The Morgan fingerprint density at radius 3 is 2.10 bits per heavy atom. The molecule has 4 heteroatoms. The van der Waals surface area contributed by atoms with E-state index >= 15 is 0 Å². The molecule has 0 aromatic heterocycles. The van der Waals surface area contributed by atoms with Crippen molar-refractivity contribution in [2.45, 2.75) is 65.0 Å². The normalized spacial score (nSPS) is 14.6. The molecule has 156 valence electrons. The summed E-state index contributed by atoms with van der Waals surface area (Å²) in [6.45, 7) is 10.8. The first kappa shape index (κ1) is 24.1. The van der Waals surface area contributed by atoms with Gasteiger partial charge in [0.15, 0.2) is 0 Å². The second-order valence-corrected chi connectivity index (χ2v) is 9.69. The molecule has 0 saturated heterocycles. The van der Waals surface area contributed by atoms with Gasteiger partial charge >= 0.3 is 0 Å². The minimum Gasteiger partial charge on any atom is -0.296 e. The second-order valence-electron chi connectivity index (χ2n) is 7.98. The van der Waals surface area contributed by atoms with Gasteiger partial charge in [0.1, 0.15) is 0 Å². The molecule has 2 aromatic carbocycles. The molecule has 29 heavy (non-hydrogen) atoms. The van der Waals surface area contributed by atoms with E-state index in [2.05, 4.69) is 101 Å². The summed E-state index contributed by atoms with van der Waals surface area (Å²) in [6, 6.07) is 19.9. The molecule has 0 N–H and O–H groups in total. The van der Waals surface area contributed by atoms with E-state index in [0.717, 1.165) is 46.9 Å². The van der Waals surface area contributed by atoms with Gasteiger partial charge in [0.05, 0.1) is 11.5 Å². The summed E-state index contributed by atoms with van der Waals surface area (Å²) in [5.41, 5.74) is 1.90. The fourth-order valence-corrected chi connectivity index (χ4v) is 5.93. The fourth-order valence-electron chi connectivity index (χ4n) is 4.22. The summed E-state index contributed by atoms with van der Waals surface area (Å²) in [5.74, 6) is 0.212. The number of hydrogen-bond acceptors (Lipinski definition) is 2. The lowest BCUT2D eigenvalue weighted by atomic mass is 9.69. The Labute approximate surface area is 193 Å². The first-order valence-corrected chi connectivity index (χ1v) is 12.1. The third-order valence-electron chi connectivity index (χ3n) is 6.09. The van der Waals surface area contributed by atoms with Crippen molar-refractivity contribution in [2.75, 3.05) is 6.54 Å². The van der Waals surface area contributed by atoms with Crippen LogP contribution in [-0.2, 0) is 12.0 Å². The first-order chi connectivity index (χ1) is 13.9. The van der Waals surface area contributed by atoms with E-state index < -0.39 is 5.41 Å². The molecular weight excluding hydrogens is 488 g/mol. The minimum absolute atomic E-state index is 0.212. The van der Waals surface area contributed by atoms with Crippen LogP contribution in [0.3, 0.4) is 0 Å². The molecular formula is C25H32Br2N2. The standard InChI is InChI=1S/C25H32Br2N2/c1-5-21(29(6-2)17-20-11-8-7-9-12-20)15-16-25(18-28,19(3)4)24-22(26)13-10-14-23(24)27/h7-14,19,21H,5-6,15-17H2,1-4H3. The number of nitrogens with zero attached hydrogens (tertiary/aromatic N) is 2. The van der Waals surface area contributed by atoms with Gasteiger partial charge in [0, 0.05) is 27.1 Å². The van der Waals surface area contributed by atoms with Crippen LogP contribution in [0.1, 0.15) is 58.1 Å². The van der Waals surface area contributed by atoms with Crippen molar-refractivity contribution in [3.8, 4) is 6.07 Å². The summed E-state index contributed by atoms with van der Waals surface area (Å²) in [7, 11) is 0. The van der Waals surface area contributed by atoms with E-state index in [-0.39, 0.29) is 5.92 Å². The minimum atomic E-state index is -0.529. The molecule has 0 aliphatic rings. The van der Waals surface area contributed by atoms with Crippen molar-refractivity contribution in [3.05, 3.63) is 68.6 Å². The molecule has 0 radical (unpaired) electrons. The highest BCUT2D eigenvalue weighted by Gasteiger charge is 2.39. The lowest BCUT2D eigenvalue weighted by molar-refractivity contribution is 0.168. The Hall–Kier alpha value is -1.15. The average Bonchev–Trinajstić information content (AvgIpc) is 2.72. The van der Waals surface area contributed by atoms with Crippen LogP contribution in [0.4, 0.5) is 0 Å². The zero-order chi connectivity index (χ0) is 21.4. The number of halogens is 2. The Balaban J connectivity index is 2.28. The van der Waals surface area contributed by atoms with Crippen LogP contribution in [0.15, 0.2) is 57.5 Å². The summed E-state index contributed by atoms with van der Waals surface area (Å²) < 4.78 is 2.01. The third-order valence-corrected chi connectivity index (χ3v) is 7.41. The molecule has 2 rings (SSSR count). The van der Waals surface area contributed by atoms with Gasteiger partial charge in [-0.2, -0.15) is 5.26 Å². The maximum Gasteiger partial charge on any atom is 0.0867 e. The van der Waals surface area contributed by atoms with Crippen molar-refractivity contribution in [2.24, 2.45) is 5.92 Å². The van der Waals surface area contributed by atoms with Crippen LogP contribution in [0, 0.1) is 17.2 Å². The van der Waals surface area contributed by atoms with Crippen LogP contribution in [-0.4, -0.2) is 17.5 Å². The summed E-state index contributed by atoms with van der Waals surface area (Å²) in [5, 5.41) is 10.4. The predicted molar refractivity (Wildman–Crippen MR) is 130 cm³/mol. The quantitative estimate of drug-likeness (QED) is 0.321. The van der Waals surface area contributed by atoms with Gasteiger partial charge in [-0.1, -0.05) is 96.0 Å². The largest absolute Gasteiger partial charge is 0.296 e. The molecule has 0 bridgehead atoms. The SMILES string of the molecule is CCC(CCC(C#N)(c1c(Br)cccc1Br)C(C)C)N(CC)Cc1ccccc1. The number of hydrogen-bond donors (Lipinski definition) is 0. The van der Waals surface area contributed by atoms with Crippen molar-refractivity contribution < 1.29 is 0 Å². The highest BCUT2D eigenvalue weighted by Crippen LogP contribution is 2.44. The van der Waals surface area contributed by atoms with Gasteiger partial charge < -0.3 is 0 Å². The van der Waals surface area contributed by atoms with Crippen molar-refractivity contribution in [1.82, 2.24) is 4.90 Å². The van der Waals surface area contributed by atoms with E-state index in [0.29, 0.717) is 6.04 Å².